The van der Waals surface area contributed by atoms with E-state index in [0.717, 1.165) is 26.2 Å². The van der Waals surface area contributed by atoms with Crippen LogP contribution in [0.4, 0.5) is 11.4 Å². The SMILES string of the molecule is CC(C)Oc1nc(-[n+]2ccc(N3CCCC3)cc2)nc(-[n+]2ccc(N3CCCC3)cc2)c1Cl. The van der Waals surface area contributed by atoms with E-state index in [4.69, 9.17) is 21.3 Å². The number of rotatable bonds is 6. The van der Waals surface area contributed by atoms with Crippen LogP contribution in [0, 0.1) is 0 Å². The summed E-state index contributed by atoms with van der Waals surface area (Å²) in [6.45, 7) is 8.38. The minimum atomic E-state index is -0.0526. The molecule has 2 fully saturated rings. The van der Waals surface area contributed by atoms with E-state index < -0.39 is 0 Å². The highest BCUT2D eigenvalue weighted by Gasteiger charge is 2.29. The Morgan fingerprint density at radius 3 is 1.76 bits per heavy atom. The molecule has 172 valence electrons. The van der Waals surface area contributed by atoms with E-state index in [9.17, 15) is 0 Å². The third kappa shape index (κ3) is 4.74. The molecular weight excluding hydrogens is 436 g/mol. The van der Waals surface area contributed by atoms with Gasteiger partial charge in [0.2, 0.25) is 5.02 Å². The van der Waals surface area contributed by atoms with Crippen molar-refractivity contribution in [1.29, 1.82) is 0 Å². The van der Waals surface area contributed by atoms with Crippen LogP contribution in [0.5, 0.6) is 5.88 Å². The third-order valence-electron chi connectivity index (χ3n) is 6.18. The molecule has 2 aliphatic rings. The van der Waals surface area contributed by atoms with Gasteiger partial charge in [-0.05, 0) is 56.6 Å². The molecule has 0 aromatic carbocycles. The van der Waals surface area contributed by atoms with Gasteiger partial charge in [0.1, 0.15) is 0 Å². The molecule has 0 bridgehead atoms. The standard InChI is InChI=1S/C25H31ClN6O/c1-19(2)33-24-22(26)23(31-15-7-20(8-16-31)29-11-3-4-12-29)27-25(28-24)32-17-9-21(10-18-32)30-13-5-6-14-30/h7-10,15-19H,3-6,11-14H2,1-2H3/q+2. The highest BCUT2D eigenvalue weighted by atomic mass is 35.5. The van der Waals surface area contributed by atoms with Crippen LogP contribution in [-0.4, -0.2) is 42.3 Å². The minimum Gasteiger partial charge on any atom is -0.462 e. The van der Waals surface area contributed by atoms with E-state index in [1.54, 1.807) is 0 Å². The zero-order valence-electron chi connectivity index (χ0n) is 19.3. The molecular formula is C25H31ClN6O+2. The predicted molar refractivity (Wildman–Crippen MR) is 129 cm³/mol. The lowest BCUT2D eigenvalue weighted by molar-refractivity contribution is -0.614. The summed E-state index contributed by atoms with van der Waals surface area (Å²) in [6, 6.07) is 8.46. The minimum absolute atomic E-state index is 0.0526. The van der Waals surface area contributed by atoms with Crippen LogP contribution in [0.3, 0.4) is 0 Å². The summed E-state index contributed by atoms with van der Waals surface area (Å²) in [5.74, 6) is 1.51. The normalized spacial score (nSPS) is 16.1. The van der Waals surface area contributed by atoms with Crippen molar-refractivity contribution in [2.24, 2.45) is 0 Å². The van der Waals surface area contributed by atoms with Crippen LogP contribution in [0.15, 0.2) is 49.1 Å². The smallest absolute Gasteiger partial charge is 0.462 e. The second-order valence-electron chi connectivity index (χ2n) is 8.95. The van der Waals surface area contributed by atoms with E-state index >= 15 is 0 Å². The average Bonchev–Trinajstić information content (AvgIpc) is 3.55. The van der Waals surface area contributed by atoms with E-state index in [1.807, 2.05) is 47.8 Å². The first kappa shape index (κ1) is 21.9. The summed E-state index contributed by atoms with van der Waals surface area (Å²) in [7, 11) is 0. The molecule has 0 N–H and O–H groups in total. The zero-order valence-corrected chi connectivity index (χ0v) is 20.1. The van der Waals surface area contributed by atoms with E-state index in [1.165, 1.54) is 37.1 Å². The maximum Gasteiger partial charge on any atom is 0.481 e. The van der Waals surface area contributed by atoms with Crippen molar-refractivity contribution in [3.63, 3.8) is 0 Å². The van der Waals surface area contributed by atoms with Gasteiger partial charge in [-0.3, -0.25) is 0 Å². The van der Waals surface area contributed by atoms with Gasteiger partial charge in [0, 0.05) is 54.7 Å². The molecule has 0 saturated carbocycles. The largest absolute Gasteiger partial charge is 0.481 e. The molecule has 7 nitrogen and oxygen atoms in total. The molecule has 0 radical (unpaired) electrons. The number of pyridine rings is 2. The Bertz CT molecular complexity index is 1090. The Balaban J connectivity index is 1.50. The number of aromatic nitrogens is 4. The van der Waals surface area contributed by atoms with Crippen LogP contribution >= 0.6 is 11.6 Å². The molecule has 33 heavy (non-hydrogen) atoms. The van der Waals surface area contributed by atoms with Gasteiger partial charge < -0.3 is 14.5 Å². The quantitative estimate of drug-likeness (QED) is 0.519. The lowest BCUT2D eigenvalue weighted by Gasteiger charge is -2.17. The highest BCUT2D eigenvalue weighted by Crippen LogP contribution is 2.27. The van der Waals surface area contributed by atoms with E-state index in [-0.39, 0.29) is 6.10 Å². The van der Waals surface area contributed by atoms with Gasteiger partial charge in [-0.2, -0.15) is 4.57 Å². The number of nitrogens with zero attached hydrogens (tertiary/aromatic N) is 6. The van der Waals surface area contributed by atoms with Gasteiger partial charge in [0.25, 0.3) is 0 Å². The monoisotopic (exact) mass is 466 g/mol. The first-order chi connectivity index (χ1) is 16.1. The first-order valence-corrected chi connectivity index (χ1v) is 12.2. The van der Waals surface area contributed by atoms with Gasteiger partial charge in [0.15, 0.2) is 0 Å². The molecule has 0 spiro atoms. The Hall–Kier alpha value is -2.93. The molecule has 8 heteroatoms. The molecule has 5 heterocycles. The fourth-order valence-electron chi connectivity index (χ4n) is 4.48. The zero-order chi connectivity index (χ0) is 22.8. The summed E-state index contributed by atoms with van der Waals surface area (Å²) >= 11 is 6.73. The van der Waals surface area contributed by atoms with E-state index in [2.05, 4.69) is 39.0 Å². The third-order valence-corrected chi connectivity index (χ3v) is 6.51. The van der Waals surface area contributed by atoms with Gasteiger partial charge in [-0.15, -0.1) is 0 Å². The van der Waals surface area contributed by atoms with Crippen LogP contribution in [0.1, 0.15) is 39.5 Å². The number of hydrogen-bond acceptors (Lipinski definition) is 5. The van der Waals surface area contributed by atoms with Gasteiger partial charge >= 0.3 is 17.6 Å². The van der Waals surface area contributed by atoms with Crippen LogP contribution < -0.4 is 23.7 Å². The molecule has 0 aliphatic carbocycles. The molecule has 3 aromatic heterocycles. The van der Waals surface area contributed by atoms with Crippen LogP contribution in [0.2, 0.25) is 5.02 Å². The Kier molecular flexibility index (Phi) is 6.31. The molecule has 2 saturated heterocycles. The fraction of sp³-hybridized carbons (Fsp3) is 0.440. The molecule has 3 aromatic rings. The summed E-state index contributed by atoms with van der Waals surface area (Å²) < 4.78 is 9.79. The predicted octanol–water partition coefficient (Wildman–Crippen LogP) is 3.67. The number of halogens is 1. The van der Waals surface area contributed by atoms with Crippen molar-refractivity contribution in [1.82, 2.24) is 9.97 Å². The van der Waals surface area contributed by atoms with Crippen molar-refractivity contribution in [2.45, 2.75) is 45.6 Å². The maximum absolute atomic E-state index is 6.73. The van der Waals surface area contributed by atoms with Crippen molar-refractivity contribution < 1.29 is 13.9 Å². The van der Waals surface area contributed by atoms with Crippen LogP contribution in [0.25, 0.3) is 11.8 Å². The number of anilines is 2. The second kappa shape index (κ2) is 9.51. The Morgan fingerprint density at radius 1 is 0.788 bits per heavy atom. The van der Waals surface area contributed by atoms with Crippen molar-refractivity contribution >= 4 is 23.0 Å². The second-order valence-corrected chi connectivity index (χ2v) is 9.33. The lowest BCUT2D eigenvalue weighted by Crippen LogP contribution is -2.38. The molecule has 2 aliphatic heterocycles. The number of ether oxygens (including phenoxy) is 1. The first-order valence-electron chi connectivity index (χ1n) is 11.9. The summed E-state index contributed by atoms with van der Waals surface area (Å²) in [5, 5.41) is 0.403. The fourth-order valence-corrected chi connectivity index (χ4v) is 4.70. The highest BCUT2D eigenvalue weighted by molar-refractivity contribution is 6.33. The Labute approximate surface area is 200 Å². The number of hydrogen-bond donors (Lipinski definition) is 0. The Morgan fingerprint density at radius 2 is 1.27 bits per heavy atom. The van der Waals surface area contributed by atoms with Gasteiger partial charge in [-0.1, -0.05) is 11.6 Å². The maximum atomic E-state index is 6.73. The van der Waals surface area contributed by atoms with Crippen molar-refractivity contribution in [3.05, 3.63) is 54.1 Å². The van der Waals surface area contributed by atoms with Gasteiger partial charge in [0.05, 0.1) is 30.9 Å². The van der Waals surface area contributed by atoms with E-state index in [0.29, 0.717) is 22.7 Å². The average molecular weight is 467 g/mol. The van der Waals surface area contributed by atoms with Crippen molar-refractivity contribution in [3.8, 4) is 17.6 Å². The van der Waals surface area contributed by atoms with Crippen LogP contribution in [-0.2, 0) is 0 Å². The summed E-state index contributed by atoms with van der Waals surface area (Å²) in [5.41, 5.74) is 2.45. The van der Waals surface area contributed by atoms with Crippen molar-refractivity contribution in [2.75, 3.05) is 36.0 Å². The molecule has 0 atom stereocenters. The summed E-state index contributed by atoms with van der Waals surface area (Å²) in [6.07, 6.45) is 13.0. The summed E-state index contributed by atoms with van der Waals surface area (Å²) in [4.78, 5) is 14.3. The molecule has 0 amide bonds. The molecule has 5 rings (SSSR count). The van der Waals surface area contributed by atoms with Gasteiger partial charge in [-0.25, -0.2) is 4.57 Å². The lowest BCUT2D eigenvalue weighted by atomic mass is 10.3. The molecule has 0 unspecified atom stereocenters. The topological polar surface area (TPSA) is 49.3 Å².